The first-order valence-corrected chi connectivity index (χ1v) is 10.8. The van der Waals surface area contributed by atoms with E-state index in [1.165, 1.54) is 6.20 Å². The van der Waals surface area contributed by atoms with E-state index in [0.717, 1.165) is 5.56 Å². The van der Waals surface area contributed by atoms with Crippen LogP contribution < -0.4 is 11.3 Å². The molecule has 0 saturated heterocycles. The third-order valence-corrected chi connectivity index (χ3v) is 4.93. The Hall–Kier alpha value is -2.97. The Morgan fingerprint density at radius 3 is 2.31 bits per heavy atom. The molecule has 0 spiro atoms. The zero-order chi connectivity index (χ0) is 23.7. The molecule has 2 aromatic heterocycles. The predicted octanol–water partition coefficient (Wildman–Crippen LogP) is 4.50. The van der Waals surface area contributed by atoms with Crippen LogP contribution in [0.1, 0.15) is 38.8 Å². The van der Waals surface area contributed by atoms with Crippen molar-refractivity contribution in [3.05, 3.63) is 74.4 Å². The van der Waals surface area contributed by atoms with Crippen LogP contribution >= 0.6 is 23.2 Å². The second-order valence-corrected chi connectivity index (χ2v) is 8.31. The highest BCUT2D eigenvalue weighted by Crippen LogP contribution is 2.22. The number of aromatic amines is 1. The summed E-state index contributed by atoms with van der Waals surface area (Å²) < 4.78 is 0. The van der Waals surface area contributed by atoms with Crippen molar-refractivity contribution in [1.29, 1.82) is 0 Å². The fourth-order valence-electron chi connectivity index (χ4n) is 2.77. The van der Waals surface area contributed by atoms with Crippen LogP contribution in [0.15, 0.2) is 52.6 Å². The number of rotatable bonds is 6. The van der Waals surface area contributed by atoms with Gasteiger partial charge in [0.25, 0.3) is 11.5 Å². The van der Waals surface area contributed by atoms with Gasteiger partial charge in [-0.1, -0.05) is 29.3 Å². The molecule has 0 radical (unpaired) electrons. The zero-order valence-corrected chi connectivity index (χ0v) is 20.0. The molecule has 0 fully saturated rings. The third-order valence-electron chi connectivity index (χ3n) is 4.34. The number of nitrogens with one attached hydrogen (secondary N) is 1. The molecule has 0 aliphatic carbocycles. The maximum atomic E-state index is 11.6. The van der Waals surface area contributed by atoms with Crippen molar-refractivity contribution in [2.45, 2.75) is 46.2 Å². The summed E-state index contributed by atoms with van der Waals surface area (Å²) in [5.74, 6) is 0.602. The summed E-state index contributed by atoms with van der Waals surface area (Å²) >= 11 is 11.8. The Bertz CT molecular complexity index is 1080. The molecule has 3 rings (SSSR count). The van der Waals surface area contributed by atoms with Crippen molar-refractivity contribution >= 4 is 41.4 Å². The van der Waals surface area contributed by atoms with Crippen LogP contribution in [0.4, 0.5) is 11.9 Å². The first-order chi connectivity index (χ1) is 15.2. The predicted molar refractivity (Wildman–Crippen MR) is 131 cm³/mol. The molecule has 3 aromatic rings. The van der Waals surface area contributed by atoms with Crippen molar-refractivity contribution in [2.75, 3.05) is 5.73 Å². The summed E-state index contributed by atoms with van der Waals surface area (Å²) in [6.45, 7) is 8.55. The van der Waals surface area contributed by atoms with Crippen molar-refractivity contribution in [2.24, 2.45) is 4.99 Å². The van der Waals surface area contributed by atoms with E-state index in [0.29, 0.717) is 40.1 Å². The van der Waals surface area contributed by atoms with E-state index in [1.54, 1.807) is 36.7 Å². The molecule has 0 aliphatic rings. The number of nitrogens with zero attached hydrogens (tertiary/aromatic N) is 5. The van der Waals surface area contributed by atoms with Gasteiger partial charge in [-0.3, -0.25) is 9.78 Å². The number of halogens is 2. The van der Waals surface area contributed by atoms with Crippen molar-refractivity contribution in [3.63, 3.8) is 0 Å². The van der Waals surface area contributed by atoms with Crippen molar-refractivity contribution in [1.82, 2.24) is 24.8 Å². The fraction of sp³-hybridized carbons (Fsp3) is 0.318. The third kappa shape index (κ3) is 7.94. The van der Waals surface area contributed by atoms with Gasteiger partial charge in [0.2, 0.25) is 0 Å². The van der Waals surface area contributed by atoms with E-state index in [4.69, 9.17) is 28.9 Å². The van der Waals surface area contributed by atoms with E-state index in [2.05, 4.69) is 57.5 Å². The minimum absolute atomic E-state index is 0.0981. The van der Waals surface area contributed by atoms with E-state index in [9.17, 15) is 4.79 Å². The summed E-state index contributed by atoms with van der Waals surface area (Å²) in [4.78, 5) is 32.3. The molecule has 1 aromatic carbocycles. The van der Waals surface area contributed by atoms with Gasteiger partial charge in [0, 0.05) is 52.7 Å². The van der Waals surface area contributed by atoms with Gasteiger partial charge in [0.05, 0.1) is 6.34 Å². The van der Waals surface area contributed by atoms with Gasteiger partial charge in [-0.25, -0.2) is 19.9 Å². The lowest BCUT2D eigenvalue weighted by Gasteiger charge is -2.27. The number of anilines is 1. The minimum atomic E-state index is -0.261. The number of benzene rings is 1. The smallest absolute Gasteiger partial charge is 0.255 e. The number of hydrogen-bond donors (Lipinski definition) is 2. The molecule has 0 unspecified atom stereocenters. The lowest BCUT2D eigenvalue weighted by atomic mass is 10.1. The van der Waals surface area contributed by atoms with E-state index < -0.39 is 0 Å². The number of nitrogen functional groups attached to an aromatic ring is 1. The molecule has 0 aliphatic heterocycles. The average Bonchev–Trinajstić information content (AvgIpc) is 2.72. The van der Waals surface area contributed by atoms with E-state index in [1.807, 2.05) is 6.34 Å². The molecule has 3 N–H and O–H groups in total. The second kappa shape index (κ2) is 12.2. The van der Waals surface area contributed by atoms with Crippen LogP contribution in [0.5, 0.6) is 0 Å². The summed E-state index contributed by atoms with van der Waals surface area (Å²) in [7, 11) is 0. The topological polar surface area (TPSA) is 113 Å². The monoisotopic (exact) mass is 475 g/mol. The van der Waals surface area contributed by atoms with E-state index >= 15 is 0 Å². The lowest BCUT2D eigenvalue weighted by molar-refractivity contribution is 0.301. The van der Waals surface area contributed by atoms with Gasteiger partial charge in [0.15, 0.2) is 5.95 Å². The van der Waals surface area contributed by atoms with Crippen LogP contribution in [0, 0.1) is 0 Å². The molecule has 170 valence electrons. The van der Waals surface area contributed by atoms with Crippen LogP contribution in [0.25, 0.3) is 0 Å². The number of aliphatic imine (C=N–C) groups is 1. The molecule has 0 amide bonds. The molecular formula is C22H27Cl2N7O. The van der Waals surface area contributed by atoms with Gasteiger partial charge in [0.1, 0.15) is 0 Å². The molecule has 0 atom stereocenters. The van der Waals surface area contributed by atoms with E-state index in [-0.39, 0.29) is 11.5 Å². The molecule has 0 saturated carbocycles. The van der Waals surface area contributed by atoms with Crippen LogP contribution in [0.2, 0.25) is 10.0 Å². The lowest BCUT2D eigenvalue weighted by Crippen LogP contribution is -2.35. The van der Waals surface area contributed by atoms with Crippen molar-refractivity contribution in [3.8, 4) is 0 Å². The number of nitrogens with two attached hydrogens (primary N) is 1. The quantitative estimate of drug-likeness (QED) is 0.400. The second-order valence-electron chi connectivity index (χ2n) is 7.46. The normalized spacial score (nSPS) is 11.0. The Balaban J connectivity index is 0.000000229. The molecular weight excluding hydrogens is 449 g/mol. The molecule has 0 bridgehead atoms. The number of aromatic nitrogens is 4. The first-order valence-electron chi connectivity index (χ1n) is 10.0. The summed E-state index contributed by atoms with van der Waals surface area (Å²) in [6, 6.07) is 7.77. The highest BCUT2D eigenvalue weighted by Gasteiger charge is 2.09. The highest BCUT2D eigenvalue weighted by atomic mass is 35.5. The Morgan fingerprint density at radius 1 is 1.09 bits per heavy atom. The maximum absolute atomic E-state index is 11.6. The largest absolute Gasteiger partial charge is 0.369 e. The molecule has 8 nitrogen and oxygen atoms in total. The SMILES string of the molecule is CC(C)N(C=Nc1ncccn1)C(C)C.Nc1ncc(Cc2ccc(Cl)cc2Cl)c(=O)[nH]1. The fourth-order valence-corrected chi connectivity index (χ4v) is 3.25. The van der Waals surface area contributed by atoms with Crippen LogP contribution in [-0.2, 0) is 6.42 Å². The zero-order valence-electron chi connectivity index (χ0n) is 18.5. The number of H-pyrrole nitrogens is 1. The van der Waals surface area contributed by atoms with Gasteiger partial charge in [-0.15, -0.1) is 0 Å². The highest BCUT2D eigenvalue weighted by molar-refractivity contribution is 6.35. The Labute approximate surface area is 197 Å². The summed E-state index contributed by atoms with van der Waals surface area (Å²) in [5.41, 5.74) is 6.42. The number of hydrogen-bond acceptors (Lipinski definition) is 6. The van der Waals surface area contributed by atoms with Gasteiger partial charge in [-0.2, -0.15) is 0 Å². The van der Waals surface area contributed by atoms with Gasteiger partial charge >= 0.3 is 0 Å². The summed E-state index contributed by atoms with van der Waals surface area (Å²) in [5, 5.41) is 1.08. The van der Waals surface area contributed by atoms with Crippen LogP contribution in [0.3, 0.4) is 0 Å². The van der Waals surface area contributed by atoms with Crippen molar-refractivity contribution < 1.29 is 0 Å². The Morgan fingerprint density at radius 2 is 1.75 bits per heavy atom. The average molecular weight is 476 g/mol. The molecule has 32 heavy (non-hydrogen) atoms. The molecule has 2 heterocycles. The van der Waals surface area contributed by atoms with Gasteiger partial charge < -0.3 is 10.6 Å². The standard InChI is InChI=1S/C11H9Cl2N3O.C11H18N4/c12-8-2-1-6(9(13)4-8)3-7-5-15-11(14)16-10(7)17;1-9(2)15(10(3)4)8-14-11-12-6-5-7-13-11/h1-2,4-5H,3H2,(H3,14,15,16,17);5-10H,1-4H3. The maximum Gasteiger partial charge on any atom is 0.255 e. The molecule has 10 heteroatoms. The van der Waals surface area contributed by atoms with Crippen LogP contribution in [-0.4, -0.2) is 43.3 Å². The summed E-state index contributed by atoms with van der Waals surface area (Å²) in [6.07, 6.45) is 7.02. The van der Waals surface area contributed by atoms with Gasteiger partial charge in [-0.05, 0) is 51.5 Å². The minimum Gasteiger partial charge on any atom is -0.369 e. The first kappa shape index (κ1) is 25.3. The Kier molecular flexibility index (Phi) is 9.61.